The summed E-state index contributed by atoms with van der Waals surface area (Å²) in [7, 11) is -3.20. The summed E-state index contributed by atoms with van der Waals surface area (Å²) in [4.78, 5) is 14.5. The molecular weight excluding hydrogens is 350 g/mol. The van der Waals surface area contributed by atoms with Crippen molar-refractivity contribution in [3.8, 4) is 0 Å². The van der Waals surface area contributed by atoms with Crippen LogP contribution in [0.2, 0.25) is 0 Å². The lowest BCUT2D eigenvalue weighted by Gasteiger charge is -2.38. The van der Waals surface area contributed by atoms with Crippen LogP contribution in [0.25, 0.3) is 0 Å². The predicted octanol–water partition coefficient (Wildman–Crippen LogP) is 2.48. The first-order valence-corrected chi connectivity index (χ1v) is 11.1. The average molecular weight is 380 g/mol. The van der Waals surface area contributed by atoms with Crippen LogP contribution < -0.4 is 5.32 Å². The lowest BCUT2D eigenvalue weighted by atomic mass is 9.71. The summed E-state index contributed by atoms with van der Waals surface area (Å²) in [5.74, 6) is 0. The molecule has 7 heteroatoms. The van der Waals surface area contributed by atoms with Crippen molar-refractivity contribution in [2.75, 3.05) is 32.4 Å². The maximum absolute atomic E-state index is 12.8. The highest BCUT2D eigenvalue weighted by atomic mass is 32.2. The van der Waals surface area contributed by atoms with Crippen molar-refractivity contribution in [1.82, 2.24) is 14.5 Å². The third kappa shape index (κ3) is 4.04. The van der Waals surface area contributed by atoms with Gasteiger partial charge in [0.25, 0.3) is 0 Å². The lowest BCUT2D eigenvalue weighted by Crippen LogP contribution is -2.45. The molecule has 1 aromatic rings. The summed E-state index contributed by atoms with van der Waals surface area (Å²) in [6, 6.07) is 8.26. The van der Waals surface area contributed by atoms with Gasteiger partial charge in [0.1, 0.15) is 0 Å². The number of carbonyl (C=O) groups excluding carboxylic acids is 1. The Morgan fingerprint density at radius 3 is 2.62 bits per heavy atom. The van der Waals surface area contributed by atoms with Gasteiger partial charge in [-0.1, -0.05) is 38.1 Å². The molecule has 1 atom stereocenters. The summed E-state index contributed by atoms with van der Waals surface area (Å²) >= 11 is 0. The van der Waals surface area contributed by atoms with Crippen molar-refractivity contribution in [1.29, 1.82) is 0 Å². The van der Waals surface area contributed by atoms with E-state index in [0.29, 0.717) is 32.6 Å². The van der Waals surface area contributed by atoms with Crippen LogP contribution in [0.3, 0.4) is 0 Å². The highest BCUT2D eigenvalue weighted by Gasteiger charge is 2.34. The monoisotopic (exact) mass is 379 g/mol. The van der Waals surface area contributed by atoms with Gasteiger partial charge in [-0.3, -0.25) is 0 Å². The molecule has 26 heavy (non-hydrogen) atoms. The van der Waals surface area contributed by atoms with Gasteiger partial charge in [-0.2, -0.15) is 0 Å². The maximum atomic E-state index is 12.8. The van der Waals surface area contributed by atoms with Gasteiger partial charge in [-0.25, -0.2) is 17.5 Å². The summed E-state index contributed by atoms with van der Waals surface area (Å²) in [6.45, 7) is 6.34. The van der Waals surface area contributed by atoms with Crippen LogP contribution in [-0.2, 0) is 15.4 Å². The molecule has 0 spiro atoms. The fourth-order valence-electron chi connectivity index (χ4n) is 4.03. The van der Waals surface area contributed by atoms with Gasteiger partial charge in [0.15, 0.2) is 0 Å². The van der Waals surface area contributed by atoms with Crippen molar-refractivity contribution in [2.45, 2.75) is 44.6 Å². The van der Waals surface area contributed by atoms with E-state index in [2.05, 4.69) is 37.4 Å². The van der Waals surface area contributed by atoms with E-state index in [0.717, 1.165) is 12.8 Å². The highest BCUT2D eigenvalue weighted by molar-refractivity contribution is 7.88. The molecule has 1 N–H and O–H groups in total. The number of urea groups is 1. The van der Waals surface area contributed by atoms with E-state index < -0.39 is 10.0 Å². The Morgan fingerprint density at radius 2 is 1.88 bits per heavy atom. The number of carbonyl (C=O) groups is 1. The Labute approximate surface area is 156 Å². The molecule has 2 aliphatic rings. The molecule has 0 radical (unpaired) electrons. The van der Waals surface area contributed by atoms with Crippen LogP contribution in [0, 0.1) is 0 Å². The smallest absolute Gasteiger partial charge is 0.317 e. The topological polar surface area (TPSA) is 69.7 Å². The van der Waals surface area contributed by atoms with Gasteiger partial charge in [-0.15, -0.1) is 0 Å². The Balaban J connectivity index is 1.69. The zero-order valence-electron chi connectivity index (χ0n) is 15.9. The number of nitrogens with one attached hydrogen (secondary N) is 1. The second-order valence-electron chi connectivity index (χ2n) is 8.01. The summed E-state index contributed by atoms with van der Waals surface area (Å²) in [5.41, 5.74) is 2.62. The molecule has 1 aliphatic carbocycles. The second-order valence-corrected chi connectivity index (χ2v) is 10.00. The van der Waals surface area contributed by atoms with Crippen LogP contribution >= 0.6 is 0 Å². The first kappa shape index (κ1) is 19.2. The van der Waals surface area contributed by atoms with Crippen LogP contribution in [0.4, 0.5) is 4.79 Å². The number of nitrogens with zero attached hydrogens (tertiary/aromatic N) is 2. The number of sulfonamides is 1. The molecule has 144 valence electrons. The first-order valence-electron chi connectivity index (χ1n) is 9.28. The maximum Gasteiger partial charge on any atom is 0.317 e. The molecule has 0 saturated carbocycles. The Bertz CT molecular complexity index is 776. The Morgan fingerprint density at radius 1 is 1.15 bits per heavy atom. The summed E-state index contributed by atoms with van der Waals surface area (Å²) in [5, 5.41) is 3.18. The number of amides is 2. The SMILES string of the molecule is CC1(C)CCC(NC(=O)N2CCCN(S(C)(=O)=O)CC2)c2ccccc21. The van der Waals surface area contributed by atoms with Crippen LogP contribution in [0.15, 0.2) is 24.3 Å². The van der Waals surface area contributed by atoms with Gasteiger partial charge in [0.05, 0.1) is 12.3 Å². The molecule has 6 nitrogen and oxygen atoms in total. The molecule has 1 aliphatic heterocycles. The van der Waals surface area contributed by atoms with E-state index in [1.807, 2.05) is 6.07 Å². The predicted molar refractivity (Wildman–Crippen MR) is 103 cm³/mol. The molecule has 2 amide bonds. The van der Waals surface area contributed by atoms with E-state index in [9.17, 15) is 13.2 Å². The number of benzene rings is 1. The van der Waals surface area contributed by atoms with E-state index in [-0.39, 0.29) is 17.5 Å². The van der Waals surface area contributed by atoms with Crippen LogP contribution in [0.5, 0.6) is 0 Å². The van der Waals surface area contributed by atoms with E-state index in [4.69, 9.17) is 0 Å². The second kappa shape index (κ2) is 7.19. The van der Waals surface area contributed by atoms with Crippen molar-refractivity contribution < 1.29 is 13.2 Å². The molecule has 1 aromatic carbocycles. The minimum absolute atomic E-state index is 0.0148. The molecule has 0 aromatic heterocycles. The van der Waals surface area contributed by atoms with Gasteiger partial charge >= 0.3 is 6.03 Å². The normalized spacial score (nSPS) is 23.8. The van der Waals surface area contributed by atoms with Crippen LogP contribution in [0.1, 0.15) is 50.3 Å². The van der Waals surface area contributed by atoms with Gasteiger partial charge in [0.2, 0.25) is 10.0 Å². The Kier molecular flexibility index (Phi) is 5.30. The first-order chi connectivity index (χ1) is 12.2. The quantitative estimate of drug-likeness (QED) is 0.858. The third-order valence-corrected chi connectivity index (χ3v) is 6.94. The van der Waals surface area contributed by atoms with Gasteiger partial charge in [-0.05, 0) is 35.8 Å². The standard InChI is InChI=1S/C19H29N3O3S/c1-19(2)10-9-17(15-7-4-5-8-16(15)19)20-18(23)21-11-6-12-22(14-13-21)26(3,24)25/h4-5,7-8,17H,6,9-14H2,1-3H3,(H,20,23). The van der Waals surface area contributed by atoms with E-state index in [1.54, 1.807) is 4.90 Å². The molecule has 1 heterocycles. The molecule has 1 fully saturated rings. The molecular formula is C19H29N3O3S. The number of fused-ring (bicyclic) bond motifs is 1. The fourth-order valence-corrected chi connectivity index (χ4v) is 4.91. The lowest BCUT2D eigenvalue weighted by molar-refractivity contribution is 0.193. The molecule has 3 rings (SSSR count). The van der Waals surface area contributed by atoms with Gasteiger partial charge in [0, 0.05) is 26.2 Å². The zero-order chi connectivity index (χ0) is 18.9. The highest BCUT2D eigenvalue weighted by Crippen LogP contribution is 2.41. The number of hydrogen-bond acceptors (Lipinski definition) is 3. The zero-order valence-corrected chi connectivity index (χ0v) is 16.7. The van der Waals surface area contributed by atoms with Crippen molar-refractivity contribution in [2.24, 2.45) is 0 Å². The minimum atomic E-state index is -3.20. The molecule has 1 unspecified atom stereocenters. The van der Waals surface area contributed by atoms with Crippen molar-refractivity contribution >= 4 is 16.1 Å². The van der Waals surface area contributed by atoms with Gasteiger partial charge < -0.3 is 10.2 Å². The Hall–Kier alpha value is -1.60. The number of hydrogen-bond donors (Lipinski definition) is 1. The van der Waals surface area contributed by atoms with Crippen molar-refractivity contribution in [3.63, 3.8) is 0 Å². The average Bonchev–Trinajstić information content (AvgIpc) is 2.84. The fraction of sp³-hybridized carbons (Fsp3) is 0.632. The third-order valence-electron chi connectivity index (χ3n) is 5.63. The van der Waals surface area contributed by atoms with Crippen molar-refractivity contribution in [3.05, 3.63) is 35.4 Å². The summed E-state index contributed by atoms with van der Waals surface area (Å²) < 4.78 is 24.9. The van der Waals surface area contributed by atoms with Crippen LogP contribution in [-0.4, -0.2) is 56.1 Å². The van der Waals surface area contributed by atoms with E-state index >= 15 is 0 Å². The number of rotatable bonds is 2. The molecule has 1 saturated heterocycles. The largest absolute Gasteiger partial charge is 0.331 e. The summed E-state index contributed by atoms with van der Waals surface area (Å²) in [6.07, 6.45) is 3.83. The molecule has 0 bridgehead atoms. The van der Waals surface area contributed by atoms with E-state index in [1.165, 1.54) is 21.7 Å². The minimum Gasteiger partial charge on any atom is -0.331 e.